The number of nitrogens with one attached hydrogen (secondary N) is 4. The fourth-order valence-corrected chi connectivity index (χ4v) is 12.0. The van der Waals surface area contributed by atoms with Crippen molar-refractivity contribution in [2.75, 3.05) is 61.6 Å². The number of nitrogen functional groups attached to an aromatic ring is 1. The molecule has 12 atom stereocenters. The zero-order valence-corrected chi connectivity index (χ0v) is 59.8. The van der Waals surface area contributed by atoms with Crippen LogP contribution in [-0.2, 0) is 59.2 Å². The molecule has 1 aromatic carbocycles. The number of aryl methyl sites for hydroxylation is 1. The highest BCUT2D eigenvalue weighted by Crippen LogP contribution is 2.29. The average molecular weight is 1280 g/mol. The molecular formula is C68H118N12O11. The van der Waals surface area contributed by atoms with Crippen molar-refractivity contribution in [3.05, 3.63) is 29.8 Å². The van der Waals surface area contributed by atoms with E-state index in [9.17, 15) is 33.6 Å². The molecule has 516 valence electrons. The monoisotopic (exact) mass is 1280 g/mol. The molecule has 0 bridgehead atoms. The lowest BCUT2D eigenvalue weighted by molar-refractivity contribution is -0.156. The lowest BCUT2D eigenvalue weighted by atomic mass is 9.83. The molecule has 23 nitrogen and oxygen atoms in total. The molecule has 1 saturated heterocycles. The number of hydrogen-bond donors (Lipinski definition) is 5. The number of nitrogens with two attached hydrogens (primary N) is 1. The van der Waals surface area contributed by atoms with Gasteiger partial charge in [-0.25, -0.2) is 0 Å². The molecule has 1 heterocycles. The van der Waals surface area contributed by atoms with E-state index in [1.165, 1.54) is 97.5 Å². The lowest BCUT2D eigenvalue weighted by Gasteiger charge is -2.42. The normalized spacial score (nSPS) is 25.8. The van der Waals surface area contributed by atoms with E-state index in [1.807, 2.05) is 93.5 Å². The number of likely N-dealkylation sites (N-methyl/N-ethyl adjacent to an activating group) is 7. The molecule has 0 spiro atoms. The van der Waals surface area contributed by atoms with Crippen LogP contribution >= 0.6 is 0 Å². The highest BCUT2D eigenvalue weighted by molar-refractivity contribution is 5.99. The number of carbonyl (C=O) groups is 11. The quantitative estimate of drug-likeness (QED) is 0.126. The van der Waals surface area contributed by atoms with E-state index in [0.717, 1.165) is 12.0 Å². The summed E-state index contributed by atoms with van der Waals surface area (Å²) in [6.07, 6.45) is 2.86. The Hall–Kier alpha value is -6.81. The maximum atomic E-state index is 15.5. The first-order valence-electron chi connectivity index (χ1n) is 33.0. The molecule has 11 amide bonds. The molecule has 0 aliphatic carbocycles. The summed E-state index contributed by atoms with van der Waals surface area (Å²) in [5.41, 5.74) is 7.79. The summed E-state index contributed by atoms with van der Waals surface area (Å²) in [6.45, 7) is 30.1. The van der Waals surface area contributed by atoms with Crippen molar-refractivity contribution < 1.29 is 52.7 Å². The second kappa shape index (κ2) is 36.4. The van der Waals surface area contributed by atoms with Crippen LogP contribution in [0.2, 0.25) is 0 Å². The minimum atomic E-state index is -1.22. The van der Waals surface area contributed by atoms with Crippen LogP contribution in [0.4, 0.5) is 5.69 Å². The van der Waals surface area contributed by atoms with Crippen molar-refractivity contribution >= 4 is 70.7 Å². The summed E-state index contributed by atoms with van der Waals surface area (Å²) in [4.78, 5) is 171. The zero-order valence-electron chi connectivity index (χ0n) is 59.8. The Kier molecular flexibility index (Phi) is 32.1. The molecule has 0 radical (unpaired) electrons. The lowest BCUT2D eigenvalue weighted by Crippen LogP contribution is -2.62. The third-order valence-electron chi connectivity index (χ3n) is 17.9. The van der Waals surface area contributed by atoms with Crippen LogP contribution in [0.5, 0.6) is 0 Å². The molecule has 6 N–H and O–H groups in total. The smallest absolute Gasteiger partial charge is 0.246 e. The van der Waals surface area contributed by atoms with E-state index in [2.05, 4.69) is 21.3 Å². The number of amides is 11. The zero-order chi connectivity index (χ0) is 70.0. The Labute approximate surface area is 545 Å². The molecule has 23 heteroatoms. The van der Waals surface area contributed by atoms with Gasteiger partial charge in [-0.3, -0.25) is 52.7 Å². The van der Waals surface area contributed by atoms with E-state index in [4.69, 9.17) is 5.73 Å². The number of rotatable bonds is 17. The Morgan fingerprint density at radius 1 is 0.473 bits per heavy atom. The summed E-state index contributed by atoms with van der Waals surface area (Å²) in [6, 6.07) is -4.00. The van der Waals surface area contributed by atoms with E-state index < -0.39 is 150 Å². The van der Waals surface area contributed by atoms with E-state index in [-0.39, 0.29) is 61.7 Å². The van der Waals surface area contributed by atoms with Gasteiger partial charge in [0.1, 0.15) is 60.4 Å². The van der Waals surface area contributed by atoms with Gasteiger partial charge in [0.05, 0.1) is 6.54 Å². The number of carbonyl (C=O) groups excluding carboxylic acids is 11. The fourth-order valence-electron chi connectivity index (χ4n) is 12.0. The van der Waals surface area contributed by atoms with Crippen molar-refractivity contribution in [3.63, 3.8) is 0 Å². The standard InChI is InChI=1S/C68H118N12O11/c1-25-50-64(87)74(18)37-55(81)75(19)51(32-38(2)3)61(84)73-56(42(10)11)67(90)76(20)52(33-39(4)5)60(83)70-46(16)59(82)71-47(17)63(86)77(21)53(34-40(6)7)65(88)78(22)54(35-41(8)9)66(89)79(23)57(43(12)13)68(91)80(24)58(62(85)72-50)45(15)44(14)28-26-29-48-30-27-31-49(69)36-48/h27,30-31,36,38-47,50-54,56-58H,25-26,28-29,32-35,37,69H2,1-24H3,(H,70,83)(H,71,82)(H,72,85)(H,73,84)/t44-,45-,46+,47-,50+,51+,52+,53+,54+,56+,57+,58+/m1/s1. The third kappa shape index (κ3) is 22.8. The van der Waals surface area contributed by atoms with Gasteiger partial charge in [-0.15, -0.1) is 0 Å². The second-order valence-corrected chi connectivity index (χ2v) is 28.3. The Morgan fingerprint density at radius 3 is 1.41 bits per heavy atom. The predicted octanol–water partition coefficient (Wildman–Crippen LogP) is 5.18. The molecule has 0 aromatic heterocycles. The average Bonchev–Trinajstić information content (AvgIpc) is 0.888. The molecule has 2 rings (SSSR count). The molecule has 1 aliphatic rings. The van der Waals surface area contributed by atoms with Gasteiger partial charge in [-0.1, -0.05) is 122 Å². The fraction of sp³-hybridized carbons (Fsp3) is 0.750. The van der Waals surface area contributed by atoms with Crippen LogP contribution < -0.4 is 27.0 Å². The van der Waals surface area contributed by atoms with Gasteiger partial charge in [-0.2, -0.15) is 0 Å². The van der Waals surface area contributed by atoms with Crippen molar-refractivity contribution in [1.82, 2.24) is 55.6 Å². The van der Waals surface area contributed by atoms with Gasteiger partial charge in [0.2, 0.25) is 65.0 Å². The highest BCUT2D eigenvalue weighted by Gasteiger charge is 2.45. The van der Waals surface area contributed by atoms with Gasteiger partial charge in [0, 0.05) is 55.0 Å². The van der Waals surface area contributed by atoms with Crippen molar-refractivity contribution in [3.8, 4) is 0 Å². The minimum Gasteiger partial charge on any atom is -0.399 e. The van der Waals surface area contributed by atoms with Crippen LogP contribution in [0, 0.1) is 47.3 Å². The third-order valence-corrected chi connectivity index (χ3v) is 17.9. The maximum absolute atomic E-state index is 15.5. The van der Waals surface area contributed by atoms with E-state index in [0.29, 0.717) is 18.5 Å². The van der Waals surface area contributed by atoms with Gasteiger partial charge in [0.15, 0.2) is 0 Å². The van der Waals surface area contributed by atoms with Gasteiger partial charge >= 0.3 is 0 Å². The van der Waals surface area contributed by atoms with Crippen LogP contribution in [0.3, 0.4) is 0 Å². The second-order valence-electron chi connectivity index (χ2n) is 28.3. The molecule has 91 heavy (non-hydrogen) atoms. The first-order chi connectivity index (χ1) is 42.1. The minimum absolute atomic E-state index is 0.0922. The topological polar surface area (TPSA) is 285 Å². The number of hydrogen-bond acceptors (Lipinski definition) is 12. The highest BCUT2D eigenvalue weighted by atomic mass is 16.2. The molecular weight excluding hydrogens is 1160 g/mol. The largest absolute Gasteiger partial charge is 0.399 e. The summed E-state index contributed by atoms with van der Waals surface area (Å²) in [7, 11) is 10.3. The molecule has 1 aliphatic heterocycles. The summed E-state index contributed by atoms with van der Waals surface area (Å²) in [5.74, 6) is -9.02. The first-order valence-corrected chi connectivity index (χ1v) is 33.0. The molecule has 0 saturated carbocycles. The van der Waals surface area contributed by atoms with Crippen molar-refractivity contribution in [1.29, 1.82) is 0 Å². The van der Waals surface area contributed by atoms with Crippen molar-refractivity contribution in [2.45, 2.75) is 229 Å². The predicted molar refractivity (Wildman–Crippen MR) is 356 cm³/mol. The summed E-state index contributed by atoms with van der Waals surface area (Å²) < 4.78 is 0. The molecule has 0 unspecified atom stereocenters. The number of nitrogens with zero attached hydrogens (tertiary/aromatic N) is 7. The molecule has 1 aromatic rings. The number of benzene rings is 1. The molecule has 1 fully saturated rings. The maximum Gasteiger partial charge on any atom is 0.246 e. The summed E-state index contributed by atoms with van der Waals surface area (Å²) in [5, 5.41) is 11.2. The van der Waals surface area contributed by atoms with Crippen molar-refractivity contribution in [2.24, 2.45) is 47.3 Å². The van der Waals surface area contributed by atoms with Crippen LogP contribution in [0.25, 0.3) is 0 Å². The number of anilines is 1. The Bertz CT molecular complexity index is 2650. The van der Waals surface area contributed by atoms with Crippen LogP contribution in [-0.4, -0.2) is 216 Å². The Morgan fingerprint density at radius 2 is 0.923 bits per heavy atom. The van der Waals surface area contributed by atoms with E-state index >= 15 is 19.2 Å². The summed E-state index contributed by atoms with van der Waals surface area (Å²) >= 11 is 0. The van der Waals surface area contributed by atoms with Crippen LogP contribution in [0.15, 0.2) is 24.3 Å². The van der Waals surface area contributed by atoms with Gasteiger partial charge in [0.25, 0.3) is 0 Å². The SMILES string of the molecule is CC[C@@H]1NC(=O)[C@H]([C@H](C)[C@H](C)CCCc2cccc(N)c2)N(C)C(=O)[C@H](C(C)C)N(C)C(=O)[C@H](CC(C)C)N(C)C(=O)[C@H](CC(C)C)N(C)C(=O)[C@@H](C)NC(=O)[C@H](C)NC(=O)[C@H](CC(C)C)N(C)C(=O)[C@H](C(C)C)NC(=O)[C@H](CC(C)C)N(C)C(=O)CN(C)C1=O. The van der Waals surface area contributed by atoms with Gasteiger partial charge in [-0.05, 0) is 124 Å². The van der Waals surface area contributed by atoms with Gasteiger partial charge < -0.3 is 61.3 Å². The van der Waals surface area contributed by atoms with Crippen LogP contribution in [0.1, 0.15) is 168 Å². The first kappa shape index (κ1) is 80.3. The van der Waals surface area contributed by atoms with E-state index in [1.54, 1.807) is 34.6 Å². The Balaban J connectivity index is 2.98.